The molecule has 0 saturated heterocycles. The van der Waals surface area contributed by atoms with Gasteiger partial charge in [0, 0.05) is 7.11 Å². The number of hydrogen-bond donors (Lipinski definition) is 0. The van der Waals surface area contributed by atoms with Crippen LogP contribution in [0.5, 0.6) is 0 Å². The molecule has 1 rings (SSSR count). The molecule has 3 heteroatoms. The molecule has 0 bridgehead atoms. The molecule has 0 N–H and O–H groups in total. The summed E-state index contributed by atoms with van der Waals surface area (Å²) < 4.78 is 17.4. The molecule has 1 nitrogen and oxygen atoms in total. The molecule has 1 unspecified atom stereocenters. The Morgan fingerprint density at radius 2 is 1.92 bits per heavy atom. The molecule has 0 radical (unpaired) electrons. The zero-order valence-electron chi connectivity index (χ0n) is 7.68. The maximum atomic E-state index is 12.6. The van der Waals surface area contributed by atoms with Crippen LogP contribution in [0.25, 0.3) is 0 Å². The van der Waals surface area contributed by atoms with Crippen molar-refractivity contribution >= 4 is 15.9 Å². The summed E-state index contributed by atoms with van der Waals surface area (Å²) in [6.07, 6.45) is 0.787. The summed E-state index contributed by atoms with van der Waals surface area (Å²) in [5, 5.41) is 0. The normalized spacial score (nSPS) is 15.4. The van der Waals surface area contributed by atoms with Gasteiger partial charge in [-0.15, -0.1) is 0 Å². The smallest absolute Gasteiger partial charge is 0.147 e. The molecule has 0 aliphatic rings. The highest BCUT2D eigenvalue weighted by molar-refractivity contribution is 9.09. The Balaban J connectivity index is 2.99. The van der Waals surface area contributed by atoms with Crippen LogP contribution in [-0.2, 0) is 9.25 Å². The highest BCUT2D eigenvalue weighted by atomic mass is 79.9. The van der Waals surface area contributed by atoms with Gasteiger partial charge in [-0.1, -0.05) is 19.1 Å². The van der Waals surface area contributed by atoms with Crippen molar-refractivity contribution in [1.82, 2.24) is 0 Å². The zero-order chi connectivity index (χ0) is 9.90. The van der Waals surface area contributed by atoms with E-state index in [1.807, 2.05) is 6.92 Å². The summed E-state index contributed by atoms with van der Waals surface area (Å²) in [7, 11) is 1.63. The minimum Gasteiger partial charge on any atom is -0.363 e. The predicted octanol–water partition coefficient (Wildman–Crippen LogP) is 3.43. The van der Waals surface area contributed by atoms with Crippen molar-refractivity contribution in [2.75, 3.05) is 7.11 Å². The molecule has 0 aliphatic carbocycles. The van der Waals surface area contributed by atoms with Gasteiger partial charge in [-0.25, -0.2) is 4.39 Å². The zero-order valence-corrected chi connectivity index (χ0v) is 9.27. The van der Waals surface area contributed by atoms with Crippen LogP contribution >= 0.6 is 15.9 Å². The van der Waals surface area contributed by atoms with Gasteiger partial charge in [-0.2, -0.15) is 0 Å². The predicted molar refractivity (Wildman–Crippen MR) is 54.3 cm³/mol. The van der Waals surface area contributed by atoms with E-state index in [2.05, 4.69) is 15.9 Å². The van der Waals surface area contributed by atoms with Crippen LogP contribution in [0.3, 0.4) is 0 Å². The summed E-state index contributed by atoms with van der Waals surface area (Å²) in [6, 6.07) is 6.30. The number of rotatable bonds is 3. The van der Waals surface area contributed by atoms with Crippen LogP contribution in [0, 0.1) is 5.82 Å². The van der Waals surface area contributed by atoms with Crippen LogP contribution in [0.4, 0.5) is 4.39 Å². The maximum Gasteiger partial charge on any atom is 0.147 e. The van der Waals surface area contributed by atoms with Gasteiger partial charge in [-0.05, 0) is 40.0 Å². The first kappa shape index (κ1) is 10.7. The minimum atomic E-state index is -0.485. The fourth-order valence-corrected chi connectivity index (χ4v) is 1.43. The summed E-state index contributed by atoms with van der Waals surface area (Å²) in [6.45, 7) is 2.00. The second kappa shape index (κ2) is 4.20. The van der Waals surface area contributed by atoms with Gasteiger partial charge in [0.15, 0.2) is 0 Å². The third-order valence-electron chi connectivity index (χ3n) is 2.05. The summed E-state index contributed by atoms with van der Waals surface area (Å²) in [5.41, 5.74) is 0.930. The lowest BCUT2D eigenvalue weighted by Crippen LogP contribution is -2.18. The van der Waals surface area contributed by atoms with Crippen LogP contribution in [0.1, 0.15) is 18.9 Å². The van der Waals surface area contributed by atoms with E-state index in [0.29, 0.717) is 0 Å². The molecule has 1 aromatic carbocycles. The lowest BCUT2D eigenvalue weighted by atomic mass is 10.1. The third-order valence-corrected chi connectivity index (χ3v) is 3.40. The molecule has 0 saturated carbocycles. The van der Waals surface area contributed by atoms with Gasteiger partial charge in [0.05, 0.1) is 0 Å². The topological polar surface area (TPSA) is 9.23 Å². The Hall–Kier alpha value is -0.410. The molecule has 0 aromatic heterocycles. The van der Waals surface area contributed by atoms with Crippen molar-refractivity contribution in [2.45, 2.75) is 17.9 Å². The molecule has 72 valence electrons. The number of alkyl halides is 1. The highest BCUT2D eigenvalue weighted by Crippen LogP contribution is 2.35. The van der Waals surface area contributed by atoms with E-state index in [0.717, 1.165) is 12.0 Å². The van der Waals surface area contributed by atoms with Gasteiger partial charge < -0.3 is 4.74 Å². The molecular weight excluding hydrogens is 235 g/mol. The first-order valence-corrected chi connectivity index (χ1v) is 4.92. The number of hydrogen-bond acceptors (Lipinski definition) is 1. The Morgan fingerprint density at radius 3 is 2.31 bits per heavy atom. The van der Waals surface area contributed by atoms with Gasteiger partial charge in [0.1, 0.15) is 10.3 Å². The first-order valence-electron chi connectivity index (χ1n) is 4.12. The Bertz CT molecular complexity index is 267. The minimum absolute atomic E-state index is 0.231. The van der Waals surface area contributed by atoms with Crippen molar-refractivity contribution in [3.05, 3.63) is 35.6 Å². The lowest BCUT2D eigenvalue weighted by molar-refractivity contribution is 0.0727. The SMILES string of the molecule is CCC(Br)(OC)c1ccc(F)cc1. The Morgan fingerprint density at radius 1 is 1.38 bits per heavy atom. The number of benzene rings is 1. The van der Waals surface area contributed by atoms with E-state index in [9.17, 15) is 4.39 Å². The van der Waals surface area contributed by atoms with E-state index < -0.39 is 4.51 Å². The largest absolute Gasteiger partial charge is 0.363 e. The monoisotopic (exact) mass is 246 g/mol. The molecule has 1 atom stereocenters. The van der Waals surface area contributed by atoms with Crippen molar-refractivity contribution in [1.29, 1.82) is 0 Å². The molecule has 1 aromatic rings. The van der Waals surface area contributed by atoms with Gasteiger partial charge >= 0.3 is 0 Å². The summed E-state index contributed by atoms with van der Waals surface area (Å²) in [4.78, 5) is 0. The summed E-state index contributed by atoms with van der Waals surface area (Å²) >= 11 is 3.47. The van der Waals surface area contributed by atoms with Crippen LogP contribution in [0.15, 0.2) is 24.3 Å². The average molecular weight is 247 g/mol. The molecular formula is C10H12BrFO. The van der Waals surface area contributed by atoms with Crippen LogP contribution < -0.4 is 0 Å². The van der Waals surface area contributed by atoms with E-state index >= 15 is 0 Å². The maximum absolute atomic E-state index is 12.6. The standard InChI is InChI=1S/C10H12BrFO/c1-3-10(11,13-2)8-4-6-9(12)7-5-8/h4-7H,3H2,1-2H3. The highest BCUT2D eigenvalue weighted by Gasteiger charge is 2.25. The van der Waals surface area contributed by atoms with Crippen LogP contribution in [0.2, 0.25) is 0 Å². The quantitative estimate of drug-likeness (QED) is 0.743. The fraction of sp³-hybridized carbons (Fsp3) is 0.400. The van der Waals surface area contributed by atoms with Gasteiger partial charge in [0.25, 0.3) is 0 Å². The Labute approximate surface area is 86.0 Å². The third kappa shape index (κ3) is 2.29. The summed E-state index contributed by atoms with van der Waals surface area (Å²) in [5.74, 6) is -0.231. The number of ether oxygens (including phenoxy) is 1. The lowest BCUT2D eigenvalue weighted by Gasteiger charge is -2.24. The van der Waals surface area contributed by atoms with Crippen molar-refractivity contribution < 1.29 is 9.13 Å². The van der Waals surface area contributed by atoms with Crippen molar-refractivity contribution in [2.24, 2.45) is 0 Å². The number of methoxy groups -OCH3 is 1. The number of halogens is 2. The van der Waals surface area contributed by atoms with Gasteiger partial charge in [-0.3, -0.25) is 0 Å². The van der Waals surface area contributed by atoms with E-state index in [1.54, 1.807) is 19.2 Å². The molecule has 0 heterocycles. The molecule has 0 amide bonds. The van der Waals surface area contributed by atoms with Crippen LogP contribution in [-0.4, -0.2) is 7.11 Å². The molecule has 13 heavy (non-hydrogen) atoms. The Kier molecular flexibility index (Phi) is 3.45. The van der Waals surface area contributed by atoms with Gasteiger partial charge in [0.2, 0.25) is 0 Å². The average Bonchev–Trinajstić information content (AvgIpc) is 2.18. The second-order valence-electron chi connectivity index (χ2n) is 2.79. The second-order valence-corrected chi connectivity index (χ2v) is 4.07. The fourth-order valence-electron chi connectivity index (χ4n) is 1.17. The first-order chi connectivity index (χ1) is 6.12. The van der Waals surface area contributed by atoms with E-state index in [1.165, 1.54) is 12.1 Å². The molecule has 0 spiro atoms. The van der Waals surface area contributed by atoms with E-state index in [4.69, 9.17) is 4.74 Å². The molecule has 0 aliphatic heterocycles. The van der Waals surface area contributed by atoms with Crippen molar-refractivity contribution in [3.8, 4) is 0 Å². The van der Waals surface area contributed by atoms with Crippen molar-refractivity contribution in [3.63, 3.8) is 0 Å². The van der Waals surface area contributed by atoms with E-state index in [-0.39, 0.29) is 5.82 Å². The molecule has 0 fully saturated rings.